The standard InChI is InChI=1S/C13H11ClF3N3/c14-10-2-1-7-19-12(10)11(20-18)8-3-5-9(6-4-8)13(15,16)17/h1-7,11,20H,18H2. The SMILES string of the molecule is NNC(c1ccc(C(F)(F)F)cc1)c1ncccc1Cl. The molecule has 20 heavy (non-hydrogen) atoms. The molecule has 1 aromatic carbocycles. The van der Waals surface area contributed by atoms with Crippen molar-refractivity contribution in [2.24, 2.45) is 5.84 Å². The number of hydrogen-bond acceptors (Lipinski definition) is 3. The summed E-state index contributed by atoms with van der Waals surface area (Å²) >= 11 is 6.01. The van der Waals surface area contributed by atoms with E-state index >= 15 is 0 Å². The molecule has 1 atom stereocenters. The van der Waals surface area contributed by atoms with Crippen LogP contribution in [0.15, 0.2) is 42.6 Å². The van der Waals surface area contributed by atoms with Gasteiger partial charge in [0.15, 0.2) is 0 Å². The van der Waals surface area contributed by atoms with Crippen LogP contribution in [-0.4, -0.2) is 4.98 Å². The predicted octanol–water partition coefficient (Wildman–Crippen LogP) is 3.31. The van der Waals surface area contributed by atoms with Crippen molar-refractivity contribution in [3.63, 3.8) is 0 Å². The molecule has 1 unspecified atom stereocenters. The molecule has 0 saturated carbocycles. The molecule has 1 heterocycles. The fraction of sp³-hybridized carbons (Fsp3) is 0.154. The van der Waals surface area contributed by atoms with Crippen LogP contribution in [0.3, 0.4) is 0 Å². The summed E-state index contributed by atoms with van der Waals surface area (Å²) in [6.45, 7) is 0. The molecule has 2 aromatic rings. The maximum Gasteiger partial charge on any atom is 0.416 e. The first-order valence-corrected chi connectivity index (χ1v) is 6.05. The number of aromatic nitrogens is 1. The highest BCUT2D eigenvalue weighted by molar-refractivity contribution is 6.31. The number of rotatable bonds is 3. The van der Waals surface area contributed by atoms with Gasteiger partial charge < -0.3 is 0 Å². The molecule has 0 spiro atoms. The third kappa shape index (κ3) is 3.09. The highest BCUT2D eigenvalue weighted by atomic mass is 35.5. The van der Waals surface area contributed by atoms with Crippen LogP contribution in [0.1, 0.15) is 22.9 Å². The van der Waals surface area contributed by atoms with Gasteiger partial charge in [0.2, 0.25) is 0 Å². The van der Waals surface area contributed by atoms with E-state index in [1.54, 1.807) is 12.1 Å². The normalized spacial score (nSPS) is 13.2. The van der Waals surface area contributed by atoms with Crippen LogP contribution in [-0.2, 0) is 6.18 Å². The Morgan fingerprint density at radius 1 is 1.15 bits per heavy atom. The van der Waals surface area contributed by atoms with Gasteiger partial charge in [-0.15, -0.1) is 0 Å². The first-order valence-electron chi connectivity index (χ1n) is 5.67. The van der Waals surface area contributed by atoms with Crippen molar-refractivity contribution in [2.75, 3.05) is 0 Å². The average molecular weight is 302 g/mol. The van der Waals surface area contributed by atoms with E-state index in [0.29, 0.717) is 16.3 Å². The van der Waals surface area contributed by atoms with Crippen molar-refractivity contribution in [3.05, 3.63) is 64.4 Å². The molecule has 0 amide bonds. The van der Waals surface area contributed by atoms with Gasteiger partial charge in [0.1, 0.15) is 0 Å². The zero-order valence-electron chi connectivity index (χ0n) is 10.2. The lowest BCUT2D eigenvalue weighted by molar-refractivity contribution is -0.137. The molecule has 3 N–H and O–H groups in total. The molecule has 1 aromatic heterocycles. The van der Waals surface area contributed by atoms with Crippen LogP contribution >= 0.6 is 11.6 Å². The lowest BCUT2D eigenvalue weighted by Crippen LogP contribution is -2.29. The minimum absolute atomic E-state index is 0.385. The summed E-state index contributed by atoms with van der Waals surface area (Å²) in [5, 5.41) is 0.385. The van der Waals surface area contributed by atoms with Gasteiger partial charge in [-0.1, -0.05) is 23.7 Å². The second-order valence-corrected chi connectivity index (χ2v) is 4.50. The summed E-state index contributed by atoms with van der Waals surface area (Å²) in [6, 6.07) is 7.40. The summed E-state index contributed by atoms with van der Waals surface area (Å²) in [7, 11) is 0. The summed E-state index contributed by atoms with van der Waals surface area (Å²) < 4.78 is 37.5. The Balaban J connectivity index is 2.36. The topological polar surface area (TPSA) is 50.9 Å². The van der Waals surface area contributed by atoms with Crippen LogP contribution in [0.25, 0.3) is 0 Å². The average Bonchev–Trinajstić information content (AvgIpc) is 2.41. The molecule has 0 bridgehead atoms. The highest BCUT2D eigenvalue weighted by Crippen LogP contribution is 2.31. The zero-order chi connectivity index (χ0) is 14.8. The third-order valence-electron chi connectivity index (χ3n) is 2.80. The minimum atomic E-state index is -4.37. The number of nitrogens with one attached hydrogen (secondary N) is 1. The first-order chi connectivity index (χ1) is 9.43. The molecule has 2 rings (SSSR count). The van der Waals surface area contributed by atoms with E-state index < -0.39 is 17.8 Å². The molecular formula is C13H11ClF3N3. The van der Waals surface area contributed by atoms with Gasteiger partial charge >= 0.3 is 6.18 Å². The molecule has 106 valence electrons. The predicted molar refractivity (Wildman–Crippen MR) is 69.9 cm³/mol. The molecule has 0 aliphatic rings. The Morgan fingerprint density at radius 2 is 1.80 bits per heavy atom. The fourth-order valence-electron chi connectivity index (χ4n) is 1.81. The van der Waals surface area contributed by atoms with Crippen LogP contribution in [0.5, 0.6) is 0 Å². The molecule has 0 radical (unpaired) electrons. The number of nitrogens with zero attached hydrogens (tertiary/aromatic N) is 1. The second kappa shape index (κ2) is 5.78. The summed E-state index contributed by atoms with van der Waals surface area (Å²) in [6.07, 6.45) is -2.83. The number of pyridine rings is 1. The van der Waals surface area contributed by atoms with E-state index in [1.807, 2.05) is 0 Å². The van der Waals surface area contributed by atoms with Crippen molar-refractivity contribution in [1.29, 1.82) is 0 Å². The van der Waals surface area contributed by atoms with Crippen molar-refractivity contribution in [2.45, 2.75) is 12.2 Å². The second-order valence-electron chi connectivity index (χ2n) is 4.09. The van der Waals surface area contributed by atoms with E-state index in [1.165, 1.54) is 18.3 Å². The molecule has 0 aliphatic carbocycles. The lowest BCUT2D eigenvalue weighted by Gasteiger charge is -2.17. The molecule has 7 heteroatoms. The maximum absolute atomic E-state index is 12.5. The van der Waals surface area contributed by atoms with Gasteiger partial charge in [0.05, 0.1) is 22.3 Å². The van der Waals surface area contributed by atoms with Gasteiger partial charge in [0.25, 0.3) is 0 Å². The van der Waals surface area contributed by atoms with E-state index in [9.17, 15) is 13.2 Å². The lowest BCUT2D eigenvalue weighted by atomic mass is 10.0. The summed E-state index contributed by atoms with van der Waals surface area (Å²) in [5.74, 6) is 5.46. The minimum Gasteiger partial charge on any atom is -0.271 e. The van der Waals surface area contributed by atoms with Crippen molar-refractivity contribution < 1.29 is 13.2 Å². The molecule has 0 saturated heterocycles. The van der Waals surface area contributed by atoms with Gasteiger partial charge in [0, 0.05) is 6.20 Å². The molecule has 0 aliphatic heterocycles. The number of nitrogens with two attached hydrogens (primary N) is 1. The van der Waals surface area contributed by atoms with Gasteiger partial charge in [-0.2, -0.15) is 13.2 Å². The number of hydrogen-bond donors (Lipinski definition) is 2. The smallest absolute Gasteiger partial charge is 0.271 e. The molecule has 3 nitrogen and oxygen atoms in total. The van der Waals surface area contributed by atoms with E-state index in [-0.39, 0.29) is 0 Å². The fourth-order valence-corrected chi connectivity index (χ4v) is 2.04. The highest BCUT2D eigenvalue weighted by Gasteiger charge is 2.30. The number of alkyl halides is 3. The Hall–Kier alpha value is -1.63. The van der Waals surface area contributed by atoms with E-state index in [4.69, 9.17) is 17.4 Å². The molecule has 0 fully saturated rings. The van der Waals surface area contributed by atoms with Crippen LogP contribution < -0.4 is 11.3 Å². The van der Waals surface area contributed by atoms with Crippen molar-refractivity contribution >= 4 is 11.6 Å². The molecular weight excluding hydrogens is 291 g/mol. The number of halogens is 4. The Morgan fingerprint density at radius 3 is 2.30 bits per heavy atom. The number of benzene rings is 1. The van der Waals surface area contributed by atoms with Crippen LogP contribution in [0.4, 0.5) is 13.2 Å². The maximum atomic E-state index is 12.5. The largest absolute Gasteiger partial charge is 0.416 e. The monoisotopic (exact) mass is 301 g/mol. The quantitative estimate of drug-likeness (QED) is 0.675. The van der Waals surface area contributed by atoms with Gasteiger partial charge in [-0.3, -0.25) is 10.8 Å². The third-order valence-corrected chi connectivity index (χ3v) is 3.12. The Bertz CT molecular complexity index is 584. The summed E-state index contributed by atoms with van der Waals surface area (Å²) in [4.78, 5) is 4.10. The van der Waals surface area contributed by atoms with E-state index in [2.05, 4.69) is 10.4 Å². The Labute approximate surface area is 118 Å². The van der Waals surface area contributed by atoms with Crippen molar-refractivity contribution in [1.82, 2.24) is 10.4 Å². The Kier molecular flexibility index (Phi) is 4.27. The van der Waals surface area contributed by atoms with Gasteiger partial charge in [-0.05, 0) is 29.8 Å². The van der Waals surface area contributed by atoms with Crippen molar-refractivity contribution in [3.8, 4) is 0 Å². The summed E-state index contributed by atoms with van der Waals surface area (Å²) in [5.41, 5.74) is 2.78. The number of hydrazine groups is 1. The van der Waals surface area contributed by atoms with Crippen LogP contribution in [0.2, 0.25) is 5.02 Å². The zero-order valence-corrected chi connectivity index (χ0v) is 10.9. The van der Waals surface area contributed by atoms with Gasteiger partial charge in [-0.25, -0.2) is 5.43 Å². The van der Waals surface area contributed by atoms with E-state index in [0.717, 1.165) is 12.1 Å². The first kappa shape index (κ1) is 14.8. The van der Waals surface area contributed by atoms with Crippen LogP contribution in [0, 0.1) is 0 Å².